The Morgan fingerprint density at radius 2 is 1.83 bits per heavy atom. The molecule has 7 heteroatoms. The van der Waals surface area contributed by atoms with Crippen LogP contribution in [0.15, 0.2) is 66.8 Å². The zero-order valence-electron chi connectivity index (χ0n) is 21.0. The number of Topliss-reactive ketones (excluding diaryl/α,β-unsaturated/α-hetero) is 1. The lowest BCUT2D eigenvalue weighted by molar-refractivity contribution is -0.166. The van der Waals surface area contributed by atoms with Gasteiger partial charge in [-0.05, 0) is 42.0 Å². The molecule has 1 aliphatic heterocycles. The highest BCUT2D eigenvalue weighted by atomic mass is 16.5. The highest BCUT2D eigenvalue weighted by molar-refractivity contribution is 5.90. The molecule has 1 heterocycles. The van der Waals surface area contributed by atoms with Gasteiger partial charge in [-0.2, -0.15) is 0 Å². The maximum atomic E-state index is 14.1. The molecule has 9 atom stereocenters. The number of carbonyl (C=O) groups excluding carboxylic acids is 3. The predicted molar refractivity (Wildman–Crippen MR) is 134 cm³/mol. The summed E-state index contributed by atoms with van der Waals surface area (Å²) in [5.41, 5.74) is 0.292. The van der Waals surface area contributed by atoms with E-state index in [1.165, 1.54) is 19.1 Å². The SMILES string of the molecule is C=C1[C@@H](C)[C@H]2[C@H](Cc3ccccc3)NC(=O)[C@@]23[C@H](OC(C)=O)/C=C\[C@@H](O)C(=O)[C@@H](C)C/C=C\[C@H]3[C@@H]1O. The molecule has 36 heavy (non-hydrogen) atoms. The minimum absolute atomic E-state index is 0.278. The second kappa shape index (κ2) is 10.1. The summed E-state index contributed by atoms with van der Waals surface area (Å²) in [5, 5.41) is 25.1. The van der Waals surface area contributed by atoms with Crippen LogP contribution >= 0.6 is 0 Å². The molecule has 0 radical (unpaired) electrons. The minimum Gasteiger partial charge on any atom is -0.457 e. The van der Waals surface area contributed by atoms with Gasteiger partial charge in [-0.1, -0.05) is 62.9 Å². The fraction of sp³-hybridized carbons (Fsp3) is 0.483. The van der Waals surface area contributed by atoms with E-state index in [0.717, 1.165) is 5.56 Å². The number of carbonyl (C=O) groups is 3. The van der Waals surface area contributed by atoms with Crippen molar-refractivity contribution in [2.75, 3.05) is 0 Å². The van der Waals surface area contributed by atoms with Gasteiger partial charge in [0.1, 0.15) is 17.6 Å². The van der Waals surface area contributed by atoms with Crippen LogP contribution in [0.2, 0.25) is 0 Å². The third-order valence-corrected chi connectivity index (χ3v) is 8.23. The molecule has 1 spiro atoms. The smallest absolute Gasteiger partial charge is 0.303 e. The first-order chi connectivity index (χ1) is 17.1. The van der Waals surface area contributed by atoms with Gasteiger partial charge in [0, 0.05) is 30.7 Å². The Kier molecular flexibility index (Phi) is 7.34. The van der Waals surface area contributed by atoms with Crippen molar-refractivity contribution in [3.63, 3.8) is 0 Å². The highest BCUT2D eigenvalue weighted by Gasteiger charge is 2.68. The van der Waals surface area contributed by atoms with Crippen LogP contribution in [0.5, 0.6) is 0 Å². The predicted octanol–water partition coefficient (Wildman–Crippen LogP) is 2.53. The van der Waals surface area contributed by atoms with Crippen LogP contribution in [0.4, 0.5) is 0 Å². The van der Waals surface area contributed by atoms with E-state index in [1.54, 1.807) is 19.1 Å². The van der Waals surface area contributed by atoms with Crippen molar-refractivity contribution in [3.8, 4) is 0 Å². The van der Waals surface area contributed by atoms with Gasteiger partial charge >= 0.3 is 5.97 Å². The zero-order chi connectivity index (χ0) is 26.2. The monoisotopic (exact) mass is 493 g/mol. The van der Waals surface area contributed by atoms with Gasteiger partial charge in [0.15, 0.2) is 5.78 Å². The summed E-state index contributed by atoms with van der Waals surface area (Å²) in [5.74, 6) is -3.17. The van der Waals surface area contributed by atoms with Gasteiger partial charge in [-0.25, -0.2) is 0 Å². The lowest BCUT2D eigenvalue weighted by Gasteiger charge is -2.52. The molecular weight excluding hydrogens is 458 g/mol. The number of hydrogen-bond donors (Lipinski definition) is 3. The van der Waals surface area contributed by atoms with E-state index in [9.17, 15) is 24.6 Å². The van der Waals surface area contributed by atoms with E-state index < -0.39 is 41.5 Å². The quantitative estimate of drug-likeness (QED) is 0.441. The second-order valence-corrected chi connectivity index (χ2v) is 10.4. The molecule has 0 aromatic heterocycles. The lowest BCUT2D eigenvalue weighted by Crippen LogP contribution is -2.60. The van der Waals surface area contributed by atoms with Crippen molar-refractivity contribution in [1.82, 2.24) is 5.32 Å². The molecule has 3 N–H and O–H groups in total. The number of esters is 1. The molecule has 4 rings (SSSR count). The molecule has 7 nitrogen and oxygen atoms in total. The molecule has 0 bridgehead atoms. The number of benzene rings is 1. The summed E-state index contributed by atoms with van der Waals surface area (Å²) < 4.78 is 5.77. The molecule has 3 aliphatic rings. The maximum Gasteiger partial charge on any atom is 0.303 e. The number of ketones is 1. The first kappa shape index (κ1) is 26.0. The standard InChI is InChI=1S/C29H35NO6/c1-16-9-8-12-21-27(34)18(3)17(2)25-22(15-20-10-6-5-7-11-20)30-28(35)29(21,25)24(36-19(4)31)14-13-23(32)26(16)33/h5-8,10-14,16-17,21-25,27,32,34H,3,9,15H2,1-2,4H3,(H,30,35)/b12-8-,14-13-/t16-,17+,21-,22-,23+,24+,25-,27+,29-/m0/s1. The largest absolute Gasteiger partial charge is 0.457 e. The molecule has 1 saturated heterocycles. The molecule has 1 amide bonds. The van der Waals surface area contributed by atoms with Crippen LogP contribution in [0.3, 0.4) is 0 Å². The van der Waals surface area contributed by atoms with Crippen LogP contribution in [0, 0.1) is 29.1 Å². The van der Waals surface area contributed by atoms with Crippen molar-refractivity contribution in [1.29, 1.82) is 0 Å². The molecule has 1 aromatic rings. The van der Waals surface area contributed by atoms with Gasteiger partial charge in [-0.3, -0.25) is 14.4 Å². The number of aliphatic hydroxyl groups excluding tert-OH is 2. The third-order valence-electron chi connectivity index (χ3n) is 8.23. The average Bonchev–Trinajstić information content (AvgIpc) is 3.13. The highest BCUT2D eigenvalue weighted by Crippen LogP contribution is 2.58. The van der Waals surface area contributed by atoms with Gasteiger partial charge in [-0.15, -0.1) is 0 Å². The Morgan fingerprint density at radius 3 is 2.50 bits per heavy atom. The number of allylic oxidation sites excluding steroid dienone is 1. The Morgan fingerprint density at radius 1 is 1.14 bits per heavy atom. The fourth-order valence-corrected chi connectivity index (χ4v) is 6.43. The first-order valence-corrected chi connectivity index (χ1v) is 12.5. The van der Waals surface area contributed by atoms with Crippen LogP contribution < -0.4 is 5.32 Å². The average molecular weight is 494 g/mol. The number of ether oxygens (including phenoxy) is 1. The van der Waals surface area contributed by atoms with Crippen LogP contribution in [0.1, 0.15) is 32.8 Å². The van der Waals surface area contributed by atoms with Gasteiger partial charge < -0.3 is 20.3 Å². The molecular formula is C29H35NO6. The molecule has 192 valence electrons. The fourth-order valence-electron chi connectivity index (χ4n) is 6.43. The zero-order valence-corrected chi connectivity index (χ0v) is 21.0. The van der Waals surface area contributed by atoms with E-state index in [4.69, 9.17) is 4.74 Å². The van der Waals surface area contributed by atoms with Crippen molar-refractivity contribution >= 4 is 17.7 Å². The number of nitrogens with one attached hydrogen (secondary N) is 1. The summed E-state index contributed by atoms with van der Waals surface area (Å²) in [4.78, 5) is 39.0. The number of rotatable bonds is 3. The second-order valence-electron chi connectivity index (χ2n) is 10.4. The van der Waals surface area contributed by atoms with Crippen molar-refractivity contribution in [3.05, 3.63) is 72.4 Å². The topological polar surface area (TPSA) is 113 Å². The minimum atomic E-state index is -1.40. The summed E-state index contributed by atoms with van der Waals surface area (Å²) in [6.07, 6.45) is 3.62. The van der Waals surface area contributed by atoms with E-state index in [0.29, 0.717) is 18.4 Å². The van der Waals surface area contributed by atoms with E-state index in [1.807, 2.05) is 37.3 Å². The number of amides is 1. The van der Waals surface area contributed by atoms with Crippen molar-refractivity contribution in [2.45, 2.75) is 58.0 Å². The summed E-state index contributed by atoms with van der Waals surface area (Å²) in [7, 11) is 0. The number of aliphatic hydroxyl groups is 2. The van der Waals surface area contributed by atoms with Crippen molar-refractivity contribution < 1.29 is 29.3 Å². The Balaban J connectivity index is 1.92. The molecule has 0 unspecified atom stereocenters. The Bertz CT molecular complexity index is 1090. The molecule has 1 saturated carbocycles. The number of hydrogen-bond acceptors (Lipinski definition) is 6. The normalized spacial score (nSPS) is 40.3. The van der Waals surface area contributed by atoms with Crippen LogP contribution in [-0.4, -0.2) is 52.2 Å². The van der Waals surface area contributed by atoms with Gasteiger partial charge in [0.2, 0.25) is 5.91 Å². The van der Waals surface area contributed by atoms with E-state index in [-0.39, 0.29) is 29.6 Å². The summed E-state index contributed by atoms with van der Waals surface area (Å²) in [6, 6.07) is 9.50. The molecule has 2 fully saturated rings. The Labute approximate surface area is 211 Å². The van der Waals surface area contributed by atoms with Crippen LogP contribution in [-0.2, 0) is 25.5 Å². The first-order valence-electron chi connectivity index (χ1n) is 12.5. The van der Waals surface area contributed by atoms with E-state index in [2.05, 4.69) is 11.9 Å². The lowest BCUT2D eigenvalue weighted by atomic mass is 9.51. The maximum absolute atomic E-state index is 14.1. The van der Waals surface area contributed by atoms with Crippen molar-refractivity contribution in [2.24, 2.45) is 29.1 Å². The van der Waals surface area contributed by atoms with Crippen LogP contribution in [0.25, 0.3) is 0 Å². The van der Waals surface area contributed by atoms with E-state index >= 15 is 0 Å². The third kappa shape index (κ3) is 4.35. The van der Waals surface area contributed by atoms with Gasteiger partial charge in [0.25, 0.3) is 0 Å². The molecule has 1 aromatic carbocycles. The van der Waals surface area contributed by atoms with Gasteiger partial charge in [0.05, 0.1) is 6.10 Å². The summed E-state index contributed by atoms with van der Waals surface area (Å²) >= 11 is 0. The molecule has 2 aliphatic carbocycles. The summed E-state index contributed by atoms with van der Waals surface area (Å²) in [6.45, 7) is 9.11. The Hall–Kier alpha value is -3.03.